The number of fused-ring (bicyclic) bond motifs is 4. The van der Waals surface area contributed by atoms with E-state index in [1.807, 2.05) is 11.0 Å². The van der Waals surface area contributed by atoms with Crippen LogP contribution in [0.4, 0.5) is 4.39 Å². The second-order valence-corrected chi connectivity index (χ2v) is 15.1. The monoisotopic (exact) mass is 702 g/mol. The number of hydrogen-bond acceptors (Lipinski definition) is 6. The highest BCUT2D eigenvalue weighted by atomic mass is 35.5. The Morgan fingerprint density at radius 3 is 2.69 bits per heavy atom. The Morgan fingerprint density at radius 1 is 1.18 bits per heavy atom. The lowest BCUT2D eigenvalue weighted by Gasteiger charge is -2.38. The lowest BCUT2D eigenvalue weighted by molar-refractivity contribution is -0.134. The van der Waals surface area contributed by atoms with Crippen LogP contribution < -0.4 is 10.1 Å². The smallest absolute Gasteiger partial charge is 0.223 e. The Morgan fingerprint density at radius 2 is 2.02 bits per heavy atom. The Kier molecular flexibility index (Phi) is 8.72. The molecule has 2 aromatic carbocycles. The normalized spacial score (nSPS) is 23.9. The van der Waals surface area contributed by atoms with E-state index in [0.29, 0.717) is 64.2 Å². The van der Waals surface area contributed by atoms with Crippen molar-refractivity contribution >= 4 is 50.9 Å². The first kappa shape index (κ1) is 32.8. The molecule has 2 aromatic heterocycles. The number of aryl methyl sites for hydroxylation is 2. The largest absolute Gasteiger partial charge is 0.472 e. The number of aromatic nitrogens is 2. The van der Waals surface area contributed by atoms with Crippen molar-refractivity contribution in [2.75, 3.05) is 33.2 Å². The van der Waals surface area contributed by atoms with E-state index in [-0.39, 0.29) is 41.1 Å². The second-order valence-electron chi connectivity index (χ2n) is 14.3. The van der Waals surface area contributed by atoms with Gasteiger partial charge in [-0.05, 0) is 88.7 Å². The predicted molar refractivity (Wildman–Crippen MR) is 191 cm³/mol. The number of ether oxygens (including phenoxy) is 1. The van der Waals surface area contributed by atoms with Gasteiger partial charge in [-0.3, -0.25) is 9.69 Å². The number of likely N-dealkylation sites (N-methyl/N-ethyl adjacent to an activating group) is 1. The van der Waals surface area contributed by atoms with Gasteiger partial charge in [-0.1, -0.05) is 35.3 Å². The molecule has 1 aliphatic carbocycles. The van der Waals surface area contributed by atoms with Crippen LogP contribution in [0.5, 0.6) is 5.88 Å². The van der Waals surface area contributed by atoms with Crippen molar-refractivity contribution in [2.45, 2.75) is 82.5 Å². The molecule has 1 N–H and O–H groups in total. The summed E-state index contributed by atoms with van der Waals surface area (Å²) in [6.07, 6.45) is 5.61. The molecule has 4 saturated heterocycles. The molecule has 4 aliphatic heterocycles. The van der Waals surface area contributed by atoms with E-state index in [1.54, 1.807) is 18.2 Å². The lowest BCUT2D eigenvalue weighted by atomic mass is 9.79. The van der Waals surface area contributed by atoms with E-state index >= 15 is 4.39 Å². The van der Waals surface area contributed by atoms with Crippen molar-refractivity contribution in [2.24, 2.45) is 5.92 Å². The van der Waals surface area contributed by atoms with Crippen molar-refractivity contribution in [3.05, 3.63) is 57.5 Å². The van der Waals surface area contributed by atoms with Gasteiger partial charge in [0.2, 0.25) is 11.8 Å². The van der Waals surface area contributed by atoms with Crippen LogP contribution >= 0.6 is 23.2 Å². The Bertz CT molecular complexity index is 1990. The molecular weight excluding hydrogens is 662 g/mol. The van der Waals surface area contributed by atoms with Crippen LogP contribution in [0.25, 0.3) is 32.9 Å². The van der Waals surface area contributed by atoms with Gasteiger partial charge >= 0.3 is 0 Å². The van der Waals surface area contributed by atoms with Crippen molar-refractivity contribution in [1.82, 2.24) is 24.7 Å². The fourth-order valence-electron chi connectivity index (χ4n) is 8.74. The maximum Gasteiger partial charge on any atom is 0.223 e. The SMILES string of the molecule is CC(Oc1nc2c(F)c(-c3cccc(Cl)c3Cl)c(CCC#N)cc2c2c1cc(CCC(=O)N1CCC1)n2[C@H]1[C@H]2CN[C@@H]1C2)[C@@H]1CCCN1C. The molecule has 6 heterocycles. The molecule has 49 heavy (non-hydrogen) atoms. The number of nitrogens with zero attached hydrogens (tertiary/aromatic N) is 5. The molecule has 0 radical (unpaired) electrons. The summed E-state index contributed by atoms with van der Waals surface area (Å²) < 4.78 is 26.5. The summed E-state index contributed by atoms with van der Waals surface area (Å²) in [4.78, 5) is 22.3. The van der Waals surface area contributed by atoms with E-state index in [0.717, 1.165) is 68.5 Å². The summed E-state index contributed by atoms with van der Waals surface area (Å²) in [5, 5.41) is 15.3. The van der Waals surface area contributed by atoms with Gasteiger partial charge in [-0.25, -0.2) is 9.37 Å². The third-order valence-corrected chi connectivity index (χ3v) is 12.3. The van der Waals surface area contributed by atoms with E-state index in [1.165, 1.54) is 0 Å². The number of halogens is 3. The highest BCUT2D eigenvalue weighted by Gasteiger charge is 2.49. The number of benzene rings is 2. The third-order valence-electron chi connectivity index (χ3n) is 11.5. The minimum Gasteiger partial charge on any atom is -0.472 e. The third kappa shape index (κ3) is 5.56. The van der Waals surface area contributed by atoms with Crippen LogP contribution in [-0.4, -0.2) is 76.7 Å². The van der Waals surface area contributed by atoms with E-state index in [4.69, 9.17) is 32.9 Å². The fraction of sp³-hybridized carbons (Fsp3) is 0.500. The first-order chi connectivity index (χ1) is 23.7. The Hall–Kier alpha value is -3.42. The number of rotatable bonds is 10. The van der Waals surface area contributed by atoms with Gasteiger partial charge in [0.15, 0.2) is 5.82 Å². The molecule has 5 fully saturated rings. The molecule has 1 unspecified atom stereocenters. The number of nitriles is 1. The van der Waals surface area contributed by atoms with Crippen LogP contribution in [0.2, 0.25) is 10.0 Å². The van der Waals surface area contributed by atoms with Crippen LogP contribution in [0.15, 0.2) is 30.3 Å². The summed E-state index contributed by atoms with van der Waals surface area (Å²) in [5.74, 6) is 0.499. The van der Waals surface area contributed by atoms with Gasteiger partial charge in [-0.15, -0.1) is 0 Å². The van der Waals surface area contributed by atoms with Crippen molar-refractivity contribution in [1.29, 1.82) is 5.26 Å². The molecule has 2 bridgehead atoms. The van der Waals surface area contributed by atoms with Crippen LogP contribution in [0, 0.1) is 23.1 Å². The van der Waals surface area contributed by atoms with E-state index in [2.05, 4.69) is 40.9 Å². The van der Waals surface area contributed by atoms with Gasteiger partial charge < -0.3 is 19.5 Å². The average Bonchev–Trinajstić information content (AvgIpc) is 3.86. The number of amides is 1. The molecule has 5 aliphatic rings. The minimum absolute atomic E-state index is 0.169. The van der Waals surface area contributed by atoms with Gasteiger partial charge in [0.25, 0.3) is 0 Å². The quantitative estimate of drug-likeness (QED) is 0.186. The predicted octanol–water partition coefficient (Wildman–Crippen LogP) is 7.32. The standard InChI is InChI=1S/C38H41Cl2FN6O2/c1-21(30-10-5-14-45(30)2)49-38-27-19-24(11-12-31(48)46-15-6-16-46)47(36-23-18-29(36)43-20-23)37(27)26-17-22(7-4-13-42)32(34(41)35(26)44-38)25-8-3-9-28(39)33(25)40/h3,8-9,17,19,21,23,29-30,36,43H,4-7,10-12,14-16,18,20H2,1-2H3/t21?,23-,29-,30+,36+/m1/s1. The number of likely N-dealkylation sites (tertiary alicyclic amines) is 2. The first-order valence-electron chi connectivity index (χ1n) is 17.6. The summed E-state index contributed by atoms with van der Waals surface area (Å²) >= 11 is 13.2. The Balaban J connectivity index is 1.37. The summed E-state index contributed by atoms with van der Waals surface area (Å²) in [6, 6.07) is 12.3. The van der Waals surface area contributed by atoms with Crippen molar-refractivity contribution < 1.29 is 13.9 Å². The topological polar surface area (TPSA) is 86.4 Å². The van der Waals surface area contributed by atoms with Crippen LogP contribution in [-0.2, 0) is 17.6 Å². The maximum absolute atomic E-state index is 17.4. The molecule has 4 aromatic rings. The summed E-state index contributed by atoms with van der Waals surface area (Å²) in [7, 11) is 2.12. The molecule has 9 rings (SSSR count). The zero-order chi connectivity index (χ0) is 34.0. The minimum atomic E-state index is -0.510. The number of hydrogen-bond donors (Lipinski definition) is 1. The fourth-order valence-corrected chi connectivity index (χ4v) is 9.14. The molecule has 8 nitrogen and oxygen atoms in total. The van der Waals surface area contributed by atoms with E-state index < -0.39 is 5.82 Å². The van der Waals surface area contributed by atoms with Gasteiger partial charge in [0, 0.05) is 66.8 Å². The first-order valence-corrected chi connectivity index (χ1v) is 18.4. The highest BCUT2D eigenvalue weighted by molar-refractivity contribution is 6.43. The molecule has 11 heteroatoms. The number of pyridine rings is 1. The molecule has 1 saturated carbocycles. The average molecular weight is 704 g/mol. The molecule has 1 amide bonds. The van der Waals surface area contributed by atoms with Gasteiger partial charge in [0.05, 0.1) is 33.1 Å². The number of nitrogens with one attached hydrogen (secondary N) is 1. The second kappa shape index (κ2) is 13.0. The van der Waals surface area contributed by atoms with E-state index in [9.17, 15) is 10.1 Å². The Labute approximate surface area is 296 Å². The van der Waals surface area contributed by atoms with Gasteiger partial charge in [0.1, 0.15) is 11.6 Å². The van der Waals surface area contributed by atoms with Gasteiger partial charge in [-0.2, -0.15) is 5.26 Å². The lowest BCUT2D eigenvalue weighted by Crippen LogP contribution is -2.42. The number of carbonyl (C=O) groups excluding carboxylic acids is 1. The highest BCUT2D eigenvalue weighted by Crippen LogP contribution is 2.49. The van der Waals surface area contributed by atoms with Crippen LogP contribution in [0.3, 0.4) is 0 Å². The summed E-state index contributed by atoms with van der Waals surface area (Å²) in [5.41, 5.74) is 3.56. The zero-order valence-electron chi connectivity index (χ0n) is 27.9. The number of carbonyl (C=O) groups is 1. The zero-order valence-corrected chi connectivity index (χ0v) is 29.5. The van der Waals surface area contributed by atoms with Crippen LogP contribution in [0.1, 0.15) is 62.7 Å². The molecule has 256 valence electrons. The summed E-state index contributed by atoms with van der Waals surface area (Å²) in [6.45, 7) is 5.65. The molecule has 0 spiro atoms. The maximum atomic E-state index is 17.4. The molecular formula is C38H41Cl2FN6O2. The molecule has 5 atom stereocenters. The van der Waals surface area contributed by atoms with Crippen molar-refractivity contribution in [3.63, 3.8) is 0 Å². The van der Waals surface area contributed by atoms with Crippen molar-refractivity contribution in [3.8, 4) is 23.1 Å².